The summed E-state index contributed by atoms with van der Waals surface area (Å²) >= 11 is 0. The molecule has 2 heteroatoms. The molecule has 1 saturated carbocycles. The van der Waals surface area contributed by atoms with Gasteiger partial charge < -0.3 is 0 Å². The minimum Gasteiger partial charge on any atom is -0.293 e. The van der Waals surface area contributed by atoms with Crippen LogP contribution in [-0.4, -0.2) is 11.6 Å². The molecule has 0 N–H and O–H groups in total. The summed E-state index contributed by atoms with van der Waals surface area (Å²) in [6, 6.07) is 19.1. The molecule has 2 aliphatic rings. The molecule has 0 amide bonds. The minimum atomic E-state index is -0.740. The number of rotatable bonds is 2. The maximum absolute atomic E-state index is 12.8. The van der Waals surface area contributed by atoms with E-state index in [2.05, 4.69) is 0 Å². The smallest absolute Gasteiger partial charge is 0.178 e. The lowest BCUT2D eigenvalue weighted by Gasteiger charge is -2.05. The Labute approximate surface area is 123 Å². The Bertz CT molecular complexity index is 702. The van der Waals surface area contributed by atoms with E-state index < -0.39 is 5.41 Å². The summed E-state index contributed by atoms with van der Waals surface area (Å²) in [7, 11) is 0. The van der Waals surface area contributed by atoms with Crippen LogP contribution in [0.3, 0.4) is 0 Å². The number of hydrogen-bond donors (Lipinski definition) is 0. The Morgan fingerprint density at radius 3 is 1.33 bits per heavy atom. The van der Waals surface area contributed by atoms with E-state index in [4.69, 9.17) is 0 Å². The molecule has 2 nitrogen and oxygen atoms in total. The van der Waals surface area contributed by atoms with Gasteiger partial charge >= 0.3 is 0 Å². The molecule has 0 saturated heterocycles. The molecule has 2 aromatic carbocycles. The zero-order valence-corrected chi connectivity index (χ0v) is 11.5. The average Bonchev–Trinajstić information content (AvgIpc) is 3.31. The molecule has 0 aliphatic heterocycles. The summed E-state index contributed by atoms with van der Waals surface area (Å²) in [4.78, 5) is 25.6. The molecule has 0 radical (unpaired) electrons. The molecule has 0 aromatic heterocycles. The van der Waals surface area contributed by atoms with Crippen LogP contribution in [0.25, 0.3) is 11.1 Å². The van der Waals surface area contributed by atoms with Crippen LogP contribution < -0.4 is 0 Å². The third kappa shape index (κ3) is 1.65. The fourth-order valence-electron chi connectivity index (χ4n) is 3.15. The Hall–Kier alpha value is -2.48. The fourth-order valence-corrected chi connectivity index (χ4v) is 3.15. The monoisotopic (exact) mass is 274 g/mol. The normalized spacial score (nSPS) is 19.4. The highest BCUT2D eigenvalue weighted by molar-refractivity contribution is 6.55. The first-order valence-electron chi connectivity index (χ1n) is 7.19. The van der Waals surface area contributed by atoms with Crippen LogP contribution in [-0.2, 0) is 9.59 Å². The summed E-state index contributed by atoms with van der Waals surface area (Å²) in [5.74, 6) is 0.0232. The molecular weight excluding hydrogens is 260 g/mol. The van der Waals surface area contributed by atoms with E-state index in [1.807, 2.05) is 60.7 Å². The quantitative estimate of drug-likeness (QED) is 0.785. The van der Waals surface area contributed by atoms with E-state index in [0.717, 1.165) is 11.1 Å². The van der Waals surface area contributed by atoms with Gasteiger partial charge in [0.15, 0.2) is 11.6 Å². The summed E-state index contributed by atoms with van der Waals surface area (Å²) in [6.45, 7) is 0. The van der Waals surface area contributed by atoms with Gasteiger partial charge in [-0.2, -0.15) is 0 Å². The summed E-state index contributed by atoms with van der Waals surface area (Å²) in [6.07, 6.45) is 1.38. The molecule has 4 rings (SSSR count). The van der Waals surface area contributed by atoms with Crippen molar-refractivity contribution in [1.82, 2.24) is 0 Å². The Morgan fingerprint density at radius 1 is 0.619 bits per heavy atom. The summed E-state index contributed by atoms with van der Waals surface area (Å²) in [5, 5.41) is 0. The van der Waals surface area contributed by atoms with Gasteiger partial charge in [-0.15, -0.1) is 0 Å². The molecule has 1 fully saturated rings. The fraction of sp³-hybridized carbons (Fsp3) is 0.158. The van der Waals surface area contributed by atoms with Crippen LogP contribution in [0.5, 0.6) is 0 Å². The van der Waals surface area contributed by atoms with Crippen molar-refractivity contribution in [1.29, 1.82) is 0 Å². The zero-order chi connectivity index (χ0) is 14.4. The second-order valence-electron chi connectivity index (χ2n) is 5.72. The van der Waals surface area contributed by atoms with Crippen LogP contribution >= 0.6 is 0 Å². The lowest BCUT2D eigenvalue weighted by Crippen LogP contribution is -2.18. The van der Waals surface area contributed by atoms with Crippen molar-refractivity contribution in [3.05, 3.63) is 71.8 Å². The molecule has 102 valence electrons. The first-order chi connectivity index (χ1) is 10.2. The van der Waals surface area contributed by atoms with Crippen molar-refractivity contribution in [3.63, 3.8) is 0 Å². The van der Waals surface area contributed by atoms with Crippen molar-refractivity contribution in [3.8, 4) is 0 Å². The van der Waals surface area contributed by atoms with Crippen LogP contribution in [0.4, 0.5) is 0 Å². The Balaban J connectivity index is 1.98. The van der Waals surface area contributed by atoms with Gasteiger partial charge in [0.2, 0.25) is 0 Å². The predicted molar refractivity (Wildman–Crippen MR) is 81.4 cm³/mol. The Morgan fingerprint density at radius 2 is 1.00 bits per heavy atom. The van der Waals surface area contributed by atoms with Crippen LogP contribution in [0.1, 0.15) is 24.0 Å². The molecule has 0 bridgehead atoms. The molecule has 0 unspecified atom stereocenters. The van der Waals surface area contributed by atoms with E-state index in [0.29, 0.717) is 24.0 Å². The SMILES string of the molecule is O=C1C(c2ccccc2)=C(c2ccccc2)C(=O)C12CC2. The van der Waals surface area contributed by atoms with Gasteiger partial charge in [-0.25, -0.2) is 0 Å². The molecule has 2 aromatic rings. The molecule has 21 heavy (non-hydrogen) atoms. The van der Waals surface area contributed by atoms with Crippen molar-refractivity contribution >= 4 is 22.7 Å². The zero-order valence-electron chi connectivity index (χ0n) is 11.5. The highest BCUT2D eigenvalue weighted by Gasteiger charge is 2.62. The van der Waals surface area contributed by atoms with Gasteiger partial charge in [0.25, 0.3) is 0 Å². The largest absolute Gasteiger partial charge is 0.293 e. The number of carbonyl (C=O) groups excluding carboxylic acids is 2. The molecule has 2 aliphatic carbocycles. The number of ketones is 2. The van der Waals surface area contributed by atoms with Gasteiger partial charge in [0.05, 0.1) is 5.41 Å². The van der Waals surface area contributed by atoms with E-state index in [9.17, 15) is 9.59 Å². The molecule has 0 atom stereocenters. The van der Waals surface area contributed by atoms with E-state index >= 15 is 0 Å². The molecular formula is C19H14O2. The van der Waals surface area contributed by atoms with Gasteiger partial charge in [-0.05, 0) is 24.0 Å². The van der Waals surface area contributed by atoms with Crippen LogP contribution in [0.15, 0.2) is 60.7 Å². The highest BCUT2D eigenvalue weighted by Crippen LogP contribution is 2.58. The second-order valence-corrected chi connectivity index (χ2v) is 5.72. The van der Waals surface area contributed by atoms with Crippen molar-refractivity contribution < 1.29 is 9.59 Å². The topological polar surface area (TPSA) is 34.1 Å². The number of benzene rings is 2. The molecule has 1 spiro atoms. The molecule has 0 heterocycles. The maximum Gasteiger partial charge on any atom is 0.178 e. The first-order valence-corrected chi connectivity index (χ1v) is 7.19. The van der Waals surface area contributed by atoms with E-state index in [-0.39, 0.29) is 11.6 Å². The van der Waals surface area contributed by atoms with Gasteiger partial charge in [-0.3, -0.25) is 9.59 Å². The van der Waals surface area contributed by atoms with Gasteiger partial charge in [0.1, 0.15) is 0 Å². The van der Waals surface area contributed by atoms with Crippen molar-refractivity contribution in [2.75, 3.05) is 0 Å². The van der Waals surface area contributed by atoms with Gasteiger partial charge in [-0.1, -0.05) is 60.7 Å². The average molecular weight is 274 g/mol. The third-order valence-corrected chi connectivity index (χ3v) is 4.45. The maximum atomic E-state index is 12.8. The summed E-state index contributed by atoms with van der Waals surface area (Å²) in [5.41, 5.74) is 2.15. The minimum absolute atomic E-state index is 0.0116. The number of allylic oxidation sites excluding steroid dienone is 2. The summed E-state index contributed by atoms with van der Waals surface area (Å²) < 4.78 is 0. The number of hydrogen-bond acceptors (Lipinski definition) is 2. The Kier molecular flexibility index (Phi) is 2.49. The van der Waals surface area contributed by atoms with Crippen molar-refractivity contribution in [2.45, 2.75) is 12.8 Å². The van der Waals surface area contributed by atoms with Crippen LogP contribution in [0, 0.1) is 5.41 Å². The highest BCUT2D eigenvalue weighted by atomic mass is 16.2. The predicted octanol–water partition coefficient (Wildman–Crippen LogP) is 3.53. The third-order valence-electron chi connectivity index (χ3n) is 4.45. The van der Waals surface area contributed by atoms with Crippen molar-refractivity contribution in [2.24, 2.45) is 5.41 Å². The number of Topliss-reactive ketones (excluding diaryl/α,β-unsaturated/α-hetero) is 2. The lowest BCUT2D eigenvalue weighted by molar-refractivity contribution is -0.126. The first kappa shape index (κ1) is 12.3. The standard InChI is InChI=1S/C19H14O2/c20-17-15(13-7-3-1-4-8-13)16(14-9-5-2-6-10-14)18(21)19(17)11-12-19/h1-10H,11-12H2. The second kappa shape index (κ2) is 4.26. The lowest BCUT2D eigenvalue weighted by atomic mass is 9.96. The van der Waals surface area contributed by atoms with Gasteiger partial charge in [0, 0.05) is 11.1 Å². The van der Waals surface area contributed by atoms with Crippen LogP contribution in [0.2, 0.25) is 0 Å². The number of carbonyl (C=O) groups is 2. The van der Waals surface area contributed by atoms with E-state index in [1.165, 1.54) is 0 Å². The van der Waals surface area contributed by atoms with E-state index in [1.54, 1.807) is 0 Å².